The van der Waals surface area contributed by atoms with E-state index in [9.17, 15) is 13.2 Å². The van der Waals surface area contributed by atoms with E-state index in [4.69, 9.17) is 5.73 Å². The number of nitrogens with two attached hydrogens (primary N) is 1. The summed E-state index contributed by atoms with van der Waals surface area (Å²) in [5.74, 6) is 0. The van der Waals surface area contributed by atoms with Crippen molar-refractivity contribution in [3.8, 4) is 0 Å². The Kier molecular flexibility index (Phi) is 2.51. The molecule has 0 aromatic carbocycles. The summed E-state index contributed by atoms with van der Waals surface area (Å²) in [4.78, 5) is 6.90. The molecule has 0 aliphatic heterocycles. The number of hydrogen-bond acceptors (Lipinski definition) is 3. The standard InChI is InChI=1S/C7H8F3N3/c1-4-6(7(8,9)10)12-3-5(2-11)13-4/h3H,2,11H2,1H3. The van der Waals surface area contributed by atoms with E-state index in [-0.39, 0.29) is 12.2 Å². The Morgan fingerprint density at radius 1 is 1.46 bits per heavy atom. The van der Waals surface area contributed by atoms with Crippen molar-refractivity contribution in [2.45, 2.75) is 19.6 Å². The van der Waals surface area contributed by atoms with E-state index in [0.717, 1.165) is 6.20 Å². The van der Waals surface area contributed by atoms with Gasteiger partial charge in [0.25, 0.3) is 0 Å². The van der Waals surface area contributed by atoms with E-state index in [1.54, 1.807) is 0 Å². The SMILES string of the molecule is Cc1nc(CN)cnc1C(F)(F)F. The molecule has 0 saturated heterocycles. The topological polar surface area (TPSA) is 51.8 Å². The van der Waals surface area contributed by atoms with Crippen LogP contribution in [0.4, 0.5) is 13.2 Å². The third-order valence-electron chi connectivity index (χ3n) is 1.47. The Labute approximate surface area is 72.8 Å². The molecular weight excluding hydrogens is 183 g/mol. The summed E-state index contributed by atoms with van der Waals surface area (Å²) in [7, 11) is 0. The number of aromatic nitrogens is 2. The van der Waals surface area contributed by atoms with Gasteiger partial charge in [-0.1, -0.05) is 0 Å². The monoisotopic (exact) mass is 191 g/mol. The number of alkyl halides is 3. The van der Waals surface area contributed by atoms with Crippen LogP contribution in [0, 0.1) is 6.92 Å². The maximum absolute atomic E-state index is 12.2. The fraction of sp³-hybridized carbons (Fsp3) is 0.429. The first-order valence-electron chi connectivity index (χ1n) is 3.55. The normalized spacial score (nSPS) is 11.8. The predicted octanol–water partition coefficient (Wildman–Crippen LogP) is 1.26. The molecular formula is C7H8F3N3. The number of hydrogen-bond donors (Lipinski definition) is 1. The van der Waals surface area contributed by atoms with E-state index in [2.05, 4.69) is 9.97 Å². The number of nitrogens with zero attached hydrogens (tertiary/aromatic N) is 2. The molecule has 0 aliphatic rings. The van der Waals surface area contributed by atoms with E-state index < -0.39 is 11.9 Å². The van der Waals surface area contributed by atoms with Gasteiger partial charge in [-0.2, -0.15) is 13.2 Å². The van der Waals surface area contributed by atoms with Crippen molar-refractivity contribution in [2.75, 3.05) is 0 Å². The molecule has 2 N–H and O–H groups in total. The van der Waals surface area contributed by atoms with Gasteiger partial charge < -0.3 is 5.73 Å². The molecule has 0 spiro atoms. The summed E-state index contributed by atoms with van der Waals surface area (Å²) in [6.07, 6.45) is -3.40. The number of aryl methyl sites for hydroxylation is 1. The van der Waals surface area contributed by atoms with Gasteiger partial charge in [0.05, 0.1) is 17.6 Å². The van der Waals surface area contributed by atoms with Crippen LogP contribution in [-0.4, -0.2) is 9.97 Å². The molecule has 0 unspecified atom stereocenters. The first kappa shape index (κ1) is 9.91. The largest absolute Gasteiger partial charge is 0.435 e. The van der Waals surface area contributed by atoms with Gasteiger partial charge in [0.15, 0.2) is 5.69 Å². The molecule has 1 aromatic heterocycles. The summed E-state index contributed by atoms with van der Waals surface area (Å²) in [6, 6.07) is 0. The lowest BCUT2D eigenvalue weighted by Crippen LogP contribution is -2.13. The second kappa shape index (κ2) is 3.29. The minimum absolute atomic E-state index is 0.0893. The van der Waals surface area contributed by atoms with Crippen molar-refractivity contribution in [1.82, 2.24) is 9.97 Å². The number of halogens is 3. The van der Waals surface area contributed by atoms with Gasteiger partial charge in [0.2, 0.25) is 0 Å². The molecule has 1 aromatic rings. The van der Waals surface area contributed by atoms with E-state index in [1.807, 2.05) is 0 Å². The molecule has 72 valence electrons. The van der Waals surface area contributed by atoms with Crippen molar-refractivity contribution >= 4 is 0 Å². The second-order valence-corrected chi connectivity index (χ2v) is 2.50. The lowest BCUT2D eigenvalue weighted by molar-refractivity contribution is -0.142. The van der Waals surface area contributed by atoms with Crippen molar-refractivity contribution in [3.63, 3.8) is 0 Å². The number of rotatable bonds is 1. The van der Waals surface area contributed by atoms with Crippen molar-refractivity contribution in [3.05, 3.63) is 23.3 Å². The van der Waals surface area contributed by atoms with Crippen molar-refractivity contribution in [1.29, 1.82) is 0 Å². The van der Waals surface area contributed by atoms with Crippen LogP contribution in [0.3, 0.4) is 0 Å². The van der Waals surface area contributed by atoms with Crippen LogP contribution in [0.1, 0.15) is 17.1 Å². The first-order valence-corrected chi connectivity index (χ1v) is 3.55. The van der Waals surface area contributed by atoms with Crippen LogP contribution in [0.15, 0.2) is 6.20 Å². The maximum atomic E-state index is 12.2. The molecule has 0 atom stereocenters. The zero-order chi connectivity index (χ0) is 10.1. The average Bonchev–Trinajstić information content (AvgIpc) is 2.01. The Balaban J connectivity index is 3.13. The molecule has 0 bridgehead atoms. The summed E-state index contributed by atoms with van der Waals surface area (Å²) >= 11 is 0. The third kappa shape index (κ3) is 2.15. The Hall–Kier alpha value is -1.17. The molecule has 0 aliphatic carbocycles. The lowest BCUT2D eigenvalue weighted by Gasteiger charge is -2.08. The second-order valence-electron chi connectivity index (χ2n) is 2.50. The van der Waals surface area contributed by atoms with Crippen LogP contribution in [0.2, 0.25) is 0 Å². The van der Waals surface area contributed by atoms with Crippen LogP contribution in [0.5, 0.6) is 0 Å². The molecule has 1 heterocycles. The van der Waals surface area contributed by atoms with E-state index in [1.165, 1.54) is 6.92 Å². The minimum Gasteiger partial charge on any atom is -0.325 e. The molecule has 3 nitrogen and oxygen atoms in total. The summed E-state index contributed by atoms with van der Waals surface area (Å²) < 4.78 is 36.5. The van der Waals surface area contributed by atoms with Gasteiger partial charge in [-0.05, 0) is 6.92 Å². The highest BCUT2D eigenvalue weighted by Gasteiger charge is 2.34. The fourth-order valence-corrected chi connectivity index (χ4v) is 0.906. The van der Waals surface area contributed by atoms with Crippen LogP contribution in [0.25, 0.3) is 0 Å². The van der Waals surface area contributed by atoms with Gasteiger partial charge >= 0.3 is 6.18 Å². The summed E-state index contributed by atoms with van der Waals surface area (Å²) in [5, 5.41) is 0. The quantitative estimate of drug-likeness (QED) is 0.727. The Bertz CT molecular complexity index is 308. The molecule has 0 saturated carbocycles. The minimum atomic E-state index is -4.44. The Morgan fingerprint density at radius 2 is 2.08 bits per heavy atom. The molecule has 0 radical (unpaired) electrons. The predicted molar refractivity (Wildman–Crippen MR) is 39.7 cm³/mol. The van der Waals surface area contributed by atoms with E-state index >= 15 is 0 Å². The lowest BCUT2D eigenvalue weighted by atomic mass is 10.3. The van der Waals surface area contributed by atoms with Gasteiger partial charge in [-0.15, -0.1) is 0 Å². The smallest absolute Gasteiger partial charge is 0.325 e. The van der Waals surface area contributed by atoms with Gasteiger partial charge in [-0.3, -0.25) is 4.98 Å². The molecule has 0 fully saturated rings. The maximum Gasteiger partial charge on any atom is 0.435 e. The van der Waals surface area contributed by atoms with Crippen LogP contribution in [-0.2, 0) is 12.7 Å². The highest BCUT2D eigenvalue weighted by Crippen LogP contribution is 2.28. The molecule has 1 rings (SSSR count). The average molecular weight is 191 g/mol. The van der Waals surface area contributed by atoms with Gasteiger partial charge in [-0.25, -0.2) is 4.98 Å². The van der Waals surface area contributed by atoms with Crippen LogP contribution >= 0.6 is 0 Å². The molecule has 13 heavy (non-hydrogen) atoms. The highest BCUT2D eigenvalue weighted by molar-refractivity contribution is 5.15. The van der Waals surface area contributed by atoms with Crippen LogP contribution < -0.4 is 5.73 Å². The summed E-state index contributed by atoms with van der Waals surface area (Å²) in [5.41, 5.74) is 4.45. The Morgan fingerprint density at radius 3 is 2.46 bits per heavy atom. The first-order chi connectivity index (χ1) is 5.95. The van der Waals surface area contributed by atoms with Crippen molar-refractivity contribution < 1.29 is 13.2 Å². The summed E-state index contributed by atoms with van der Waals surface area (Å²) in [6.45, 7) is 1.35. The fourth-order valence-electron chi connectivity index (χ4n) is 0.906. The zero-order valence-electron chi connectivity index (χ0n) is 6.89. The molecule has 6 heteroatoms. The van der Waals surface area contributed by atoms with E-state index in [0.29, 0.717) is 5.69 Å². The van der Waals surface area contributed by atoms with Gasteiger partial charge in [0, 0.05) is 6.54 Å². The van der Waals surface area contributed by atoms with Crippen molar-refractivity contribution in [2.24, 2.45) is 5.73 Å². The zero-order valence-corrected chi connectivity index (χ0v) is 6.89. The third-order valence-corrected chi connectivity index (χ3v) is 1.47. The molecule has 0 amide bonds. The highest BCUT2D eigenvalue weighted by atomic mass is 19.4. The van der Waals surface area contributed by atoms with Gasteiger partial charge in [0.1, 0.15) is 0 Å².